The molecule has 12 atom stereocenters. The highest BCUT2D eigenvalue weighted by Gasteiger charge is 2.41. The highest BCUT2D eigenvalue weighted by atomic mass is 16.4. The number of carbonyl (C=O) groups excluding carboxylic acids is 11. The number of amides is 11. The molecule has 1 aromatic carbocycles. The van der Waals surface area contributed by atoms with Crippen LogP contribution >= 0.6 is 0 Å². The number of nitrogens with one attached hydrogen (secondary N) is 14. The Hall–Kier alpha value is -9.32. The standard InChI is InChI=1S/C60H95N19O16/c1-30(2)21-41(71-46(83)26-68-49(84)32(5)70-57(92)47(31(3)4)77-55(90)42(74-50(85)37(62)27-80)22-34-24-67-38-14-8-7-13-36(34)38)53(88)73-40(16-11-19-66-60(63)64)51(86)75-43(23-35-25-65-29-69-35)54(89)72-39(15-9-10-18-61)52(87)76-44(28-81)58(93)79-20-12-17-45(79)56(91)78-48(33(6)82)59(94)95/h7-8,13-14,24-25,29-33,37,39-45,47-48,67,80-82H,9-12,15-23,26-28,61-62H2,1-6H3,(H,65,69)(H,68,84)(H,70,92)(H,71,83)(H,72,89)(H,73,88)(H,74,85)(H,75,86)(H,76,87)(H,77,90)(H,78,91)(H,94,95)(H4,63,64,66)/t32-,33+,37-,39-,40-,41-,42-,43-,44-,45-,47-,48-/m0/s1. The van der Waals surface area contributed by atoms with E-state index in [9.17, 15) is 78.0 Å². The van der Waals surface area contributed by atoms with Crippen LogP contribution in [-0.4, -0.2) is 229 Å². The fraction of sp³-hybridized carbons (Fsp3) is 0.600. The molecule has 2 aromatic heterocycles. The zero-order chi connectivity index (χ0) is 70.6. The first kappa shape index (κ1) is 78.1. The van der Waals surface area contributed by atoms with Crippen molar-refractivity contribution in [3.63, 3.8) is 0 Å². The van der Waals surface area contributed by atoms with Crippen molar-refractivity contribution < 1.29 is 78.0 Å². The van der Waals surface area contributed by atoms with E-state index in [4.69, 9.17) is 22.6 Å². The number of likely N-dealkylation sites (tertiary alicyclic amines) is 1. The topological polar surface area (TPSA) is 568 Å². The molecule has 0 unspecified atom stereocenters. The molecule has 0 aliphatic carbocycles. The Morgan fingerprint density at radius 3 is 1.86 bits per heavy atom. The lowest BCUT2D eigenvalue weighted by Gasteiger charge is -2.30. The van der Waals surface area contributed by atoms with Gasteiger partial charge in [-0.2, -0.15) is 0 Å². The van der Waals surface area contributed by atoms with Crippen molar-refractivity contribution >= 4 is 87.8 Å². The molecule has 0 spiro atoms. The summed E-state index contributed by atoms with van der Waals surface area (Å²) in [5, 5.41) is 75.7. The van der Waals surface area contributed by atoms with Gasteiger partial charge < -0.3 is 111 Å². The largest absolute Gasteiger partial charge is 0.480 e. The van der Waals surface area contributed by atoms with E-state index >= 15 is 0 Å². The van der Waals surface area contributed by atoms with Crippen molar-refractivity contribution in [1.82, 2.24) is 78.3 Å². The van der Waals surface area contributed by atoms with Crippen LogP contribution in [0.5, 0.6) is 0 Å². The van der Waals surface area contributed by atoms with Gasteiger partial charge in [-0.05, 0) is 95.2 Å². The lowest BCUT2D eigenvalue weighted by atomic mass is 10.00. The Kier molecular flexibility index (Phi) is 31.9. The monoisotopic (exact) mass is 1340 g/mol. The second-order valence-corrected chi connectivity index (χ2v) is 24.1. The predicted molar refractivity (Wildman–Crippen MR) is 343 cm³/mol. The molecule has 1 aliphatic heterocycles. The van der Waals surface area contributed by atoms with Gasteiger partial charge in [-0.3, -0.25) is 58.1 Å². The number of unbranched alkanes of at least 4 members (excludes halogenated alkanes) is 1. The summed E-state index contributed by atoms with van der Waals surface area (Å²) in [5.74, 6) is -12.2. The summed E-state index contributed by atoms with van der Waals surface area (Å²) in [7, 11) is 0. The first-order valence-corrected chi connectivity index (χ1v) is 31.5. The number of imidazole rings is 1. The van der Waals surface area contributed by atoms with E-state index in [0.29, 0.717) is 18.4 Å². The molecule has 95 heavy (non-hydrogen) atoms. The molecule has 0 bridgehead atoms. The van der Waals surface area contributed by atoms with Crippen LogP contribution in [0, 0.1) is 17.2 Å². The number of nitrogens with zero attached hydrogens (tertiary/aromatic N) is 2. The van der Waals surface area contributed by atoms with Crippen LogP contribution in [0.15, 0.2) is 43.0 Å². The highest BCUT2D eigenvalue weighted by molar-refractivity contribution is 5.99. The van der Waals surface area contributed by atoms with Gasteiger partial charge in [0.1, 0.15) is 60.4 Å². The smallest absolute Gasteiger partial charge is 0.328 e. The number of hydrogen-bond acceptors (Lipinski definition) is 19. The first-order chi connectivity index (χ1) is 45.0. The minimum atomic E-state index is -1.70. The number of aliphatic carboxylic acids is 1. The number of hydrogen-bond donors (Lipinski definition) is 21. The zero-order valence-electron chi connectivity index (χ0n) is 54.3. The van der Waals surface area contributed by atoms with Gasteiger partial charge in [-0.15, -0.1) is 0 Å². The van der Waals surface area contributed by atoms with Gasteiger partial charge in [0.05, 0.1) is 37.9 Å². The number of aliphatic hydroxyl groups is 3. The molecular formula is C60H95N19O16. The molecule has 3 heterocycles. The Bertz CT molecular complexity index is 3110. The molecule has 0 radical (unpaired) electrons. The number of fused-ring (bicyclic) bond motifs is 1. The third-order valence-electron chi connectivity index (χ3n) is 15.5. The number of carboxylic acids is 1. The first-order valence-electron chi connectivity index (χ1n) is 31.5. The van der Waals surface area contributed by atoms with Crippen LogP contribution < -0.4 is 75.7 Å². The number of benzene rings is 1. The normalized spacial score (nSPS) is 16.4. The molecule has 526 valence electrons. The molecule has 1 aliphatic rings. The number of para-hydroxylation sites is 1. The number of aromatic amines is 2. The van der Waals surface area contributed by atoms with Crippen LogP contribution in [-0.2, 0) is 70.4 Å². The van der Waals surface area contributed by atoms with Crippen molar-refractivity contribution in [3.05, 3.63) is 54.2 Å². The Morgan fingerprint density at radius 1 is 0.674 bits per heavy atom. The van der Waals surface area contributed by atoms with Crippen LogP contribution in [0.3, 0.4) is 0 Å². The average molecular weight is 1340 g/mol. The SMILES string of the molecule is CC(C)C[C@H](NC(=O)CNC(=O)[C@H](C)NC(=O)[C@@H](NC(=O)[C@H](Cc1c[nH]c2ccccc12)NC(=O)[C@@H](N)CO)C(C)C)C(=O)N[C@@H](CCCNC(=N)N)C(=O)N[C@@H](Cc1c[nH]cn1)C(=O)N[C@@H](CCCCN)C(=O)N[C@@H](CO)C(=O)N1CCC[C@H]1C(=O)N[C@H](C(=O)O)[C@@H](C)O. The number of carbonyl (C=O) groups is 12. The van der Waals surface area contributed by atoms with Crippen LogP contribution in [0.4, 0.5) is 0 Å². The van der Waals surface area contributed by atoms with Gasteiger partial charge in [-0.25, -0.2) is 9.78 Å². The second-order valence-electron chi connectivity index (χ2n) is 24.1. The zero-order valence-corrected chi connectivity index (χ0v) is 54.3. The average Bonchev–Trinajstić information content (AvgIpc) is 1.76. The predicted octanol–water partition coefficient (Wildman–Crippen LogP) is -5.96. The van der Waals surface area contributed by atoms with Gasteiger partial charge >= 0.3 is 5.97 Å². The highest BCUT2D eigenvalue weighted by Crippen LogP contribution is 2.21. The van der Waals surface area contributed by atoms with E-state index in [2.05, 4.69) is 73.4 Å². The molecule has 11 amide bonds. The summed E-state index contributed by atoms with van der Waals surface area (Å²) in [6.07, 6.45) is 3.55. The maximum absolute atomic E-state index is 14.5. The van der Waals surface area contributed by atoms with E-state index in [1.807, 2.05) is 18.2 Å². The number of carboxylic acid groups (broad SMARTS) is 1. The minimum absolute atomic E-state index is 0.00668. The van der Waals surface area contributed by atoms with Crippen LogP contribution in [0.1, 0.15) is 104 Å². The third-order valence-corrected chi connectivity index (χ3v) is 15.5. The van der Waals surface area contributed by atoms with E-state index in [1.165, 1.54) is 19.4 Å². The Morgan fingerprint density at radius 2 is 1.27 bits per heavy atom. The van der Waals surface area contributed by atoms with Crippen LogP contribution in [0.25, 0.3) is 10.9 Å². The fourth-order valence-electron chi connectivity index (χ4n) is 10.3. The summed E-state index contributed by atoms with van der Waals surface area (Å²) >= 11 is 0. The quantitative estimate of drug-likeness (QED) is 0.0143. The van der Waals surface area contributed by atoms with E-state index in [0.717, 1.165) is 22.7 Å². The molecule has 1 fully saturated rings. The number of aliphatic hydroxyl groups excluding tert-OH is 3. The van der Waals surface area contributed by atoms with E-state index in [-0.39, 0.29) is 88.6 Å². The van der Waals surface area contributed by atoms with Gasteiger partial charge in [-0.1, -0.05) is 45.9 Å². The van der Waals surface area contributed by atoms with Crippen molar-refractivity contribution in [2.24, 2.45) is 29.0 Å². The summed E-state index contributed by atoms with van der Waals surface area (Å²) in [5.41, 5.74) is 18.7. The van der Waals surface area contributed by atoms with Gasteiger partial charge in [0, 0.05) is 49.2 Å². The maximum atomic E-state index is 14.5. The summed E-state index contributed by atoms with van der Waals surface area (Å²) in [4.78, 5) is 175. The number of rotatable bonds is 40. The molecule has 3 aromatic rings. The fourth-order valence-corrected chi connectivity index (χ4v) is 10.3. The Balaban J connectivity index is 1.48. The van der Waals surface area contributed by atoms with E-state index in [1.54, 1.807) is 40.0 Å². The van der Waals surface area contributed by atoms with Gasteiger partial charge in [0.15, 0.2) is 12.0 Å². The number of aromatic nitrogens is 3. The summed E-state index contributed by atoms with van der Waals surface area (Å²) in [6, 6.07) is -8.23. The van der Waals surface area contributed by atoms with Gasteiger partial charge in [0.2, 0.25) is 65.0 Å². The molecule has 24 N–H and O–H groups in total. The lowest BCUT2D eigenvalue weighted by Crippen LogP contribution is -2.61. The van der Waals surface area contributed by atoms with Crippen LogP contribution in [0.2, 0.25) is 0 Å². The van der Waals surface area contributed by atoms with E-state index < -0.39 is 169 Å². The lowest BCUT2D eigenvalue weighted by molar-refractivity contribution is -0.147. The second kappa shape index (κ2) is 38.8. The van der Waals surface area contributed by atoms with Crippen molar-refractivity contribution in [2.75, 3.05) is 39.4 Å². The molecule has 35 heteroatoms. The summed E-state index contributed by atoms with van der Waals surface area (Å²) in [6.45, 7) is 7.13. The third kappa shape index (κ3) is 24.8. The maximum Gasteiger partial charge on any atom is 0.328 e. The molecular weight excluding hydrogens is 1240 g/mol. The molecule has 0 saturated carbocycles. The van der Waals surface area contributed by atoms with Crippen molar-refractivity contribution in [3.8, 4) is 0 Å². The minimum Gasteiger partial charge on any atom is -0.480 e. The summed E-state index contributed by atoms with van der Waals surface area (Å²) < 4.78 is 0. The van der Waals surface area contributed by atoms with Crippen molar-refractivity contribution in [1.29, 1.82) is 5.41 Å². The molecule has 1 saturated heterocycles. The van der Waals surface area contributed by atoms with Gasteiger partial charge in [0.25, 0.3) is 0 Å². The number of nitrogens with two attached hydrogens (primary N) is 3. The Labute approximate surface area is 548 Å². The van der Waals surface area contributed by atoms with Crippen molar-refractivity contribution in [2.45, 2.75) is 178 Å². The molecule has 35 nitrogen and oxygen atoms in total. The number of guanidine groups is 1. The number of H-pyrrole nitrogens is 2. The molecule has 4 rings (SSSR count).